The predicted molar refractivity (Wildman–Crippen MR) is 112 cm³/mol. The second-order valence-corrected chi connectivity index (χ2v) is 6.99. The first-order chi connectivity index (χ1) is 12.7. The molecule has 0 radical (unpaired) electrons. The Balaban J connectivity index is 0.00000210. The van der Waals surface area contributed by atoms with Gasteiger partial charge in [0.25, 0.3) is 5.91 Å². The van der Waals surface area contributed by atoms with Crippen molar-refractivity contribution < 1.29 is 9.21 Å². The zero-order chi connectivity index (χ0) is 17.9. The van der Waals surface area contributed by atoms with Crippen LogP contribution in [0.3, 0.4) is 0 Å². The SMILES string of the molecule is CN1c2ccccc2C(c2ccsc2)=NCC1CNC(=O)c1ccoc1.Cl. The van der Waals surface area contributed by atoms with E-state index in [1.165, 1.54) is 12.5 Å². The van der Waals surface area contributed by atoms with Crippen molar-refractivity contribution in [2.75, 3.05) is 25.0 Å². The van der Waals surface area contributed by atoms with Crippen LogP contribution in [0.5, 0.6) is 0 Å². The molecule has 27 heavy (non-hydrogen) atoms. The molecule has 0 aliphatic carbocycles. The molecule has 1 atom stereocenters. The number of anilines is 1. The standard InChI is InChI=1S/C20H19N3O2S.ClH/c1-23-16(11-22-20(24)14-6-8-25-12-14)10-21-19(15-7-9-26-13-15)17-4-2-3-5-18(17)23;/h2-9,12-13,16H,10-11H2,1H3,(H,22,24);1H. The summed E-state index contributed by atoms with van der Waals surface area (Å²) >= 11 is 1.67. The number of nitrogens with zero attached hydrogens (tertiary/aromatic N) is 2. The molecule has 3 aromatic rings. The third-order valence-corrected chi connectivity index (χ3v) is 5.31. The van der Waals surface area contributed by atoms with Gasteiger partial charge in [0.15, 0.2) is 0 Å². The summed E-state index contributed by atoms with van der Waals surface area (Å²) in [6, 6.07) is 12.1. The van der Waals surface area contributed by atoms with Crippen molar-refractivity contribution >= 4 is 41.1 Å². The van der Waals surface area contributed by atoms with Crippen LogP contribution in [0.1, 0.15) is 21.5 Å². The van der Waals surface area contributed by atoms with E-state index in [1.54, 1.807) is 17.4 Å². The van der Waals surface area contributed by atoms with Gasteiger partial charge in [0, 0.05) is 35.8 Å². The van der Waals surface area contributed by atoms with Crippen LogP contribution >= 0.6 is 23.7 Å². The van der Waals surface area contributed by atoms with Gasteiger partial charge in [-0.1, -0.05) is 18.2 Å². The highest BCUT2D eigenvalue weighted by atomic mass is 35.5. The third-order valence-electron chi connectivity index (χ3n) is 4.62. The second kappa shape index (κ2) is 8.41. The molecule has 0 bridgehead atoms. The van der Waals surface area contributed by atoms with Crippen molar-refractivity contribution in [1.29, 1.82) is 0 Å². The van der Waals surface area contributed by atoms with Gasteiger partial charge in [0.1, 0.15) is 6.26 Å². The van der Waals surface area contributed by atoms with Crippen molar-refractivity contribution in [2.45, 2.75) is 6.04 Å². The van der Waals surface area contributed by atoms with Gasteiger partial charge in [-0.2, -0.15) is 11.3 Å². The summed E-state index contributed by atoms with van der Waals surface area (Å²) < 4.78 is 4.98. The Morgan fingerprint density at radius 2 is 2.19 bits per heavy atom. The van der Waals surface area contributed by atoms with E-state index in [4.69, 9.17) is 9.41 Å². The highest BCUT2D eigenvalue weighted by molar-refractivity contribution is 7.08. The van der Waals surface area contributed by atoms with E-state index >= 15 is 0 Å². The average molecular weight is 402 g/mol. The molecule has 140 valence electrons. The van der Waals surface area contributed by atoms with E-state index in [0.717, 1.165) is 22.5 Å². The number of carbonyl (C=O) groups is 1. The lowest BCUT2D eigenvalue weighted by Gasteiger charge is -2.28. The van der Waals surface area contributed by atoms with Crippen LogP contribution in [0.25, 0.3) is 0 Å². The lowest BCUT2D eigenvalue weighted by atomic mass is 10.0. The zero-order valence-electron chi connectivity index (χ0n) is 14.8. The zero-order valence-corrected chi connectivity index (χ0v) is 16.4. The molecule has 1 unspecified atom stereocenters. The first-order valence-electron chi connectivity index (χ1n) is 8.43. The number of hydrogen-bond acceptors (Lipinski definition) is 5. The smallest absolute Gasteiger partial charge is 0.254 e. The van der Waals surface area contributed by atoms with Crippen LogP contribution in [-0.4, -0.2) is 37.8 Å². The number of benzene rings is 1. The largest absolute Gasteiger partial charge is 0.472 e. The van der Waals surface area contributed by atoms with Crippen LogP contribution in [0.2, 0.25) is 0 Å². The van der Waals surface area contributed by atoms with Crippen LogP contribution in [0.15, 0.2) is 69.1 Å². The number of aliphatic imine (C=N–C) groups is 1. The number of thiophene rings is 1. The molecule has 0 spiro atoms. The van der Waals surface area contributed by atoms with Crippen LogP contribution in [-0.2, 0) is 0 Å². The number of fused-ring (bicyclic) bond motifs is 1. The molecule has 0 saturated heterocycles. The van der Waals surface area contributed by atoms with Gasteiger partial charge in [0.2, 0.25) is 0 Å². The molecule has 1 amide bonds. The number of halogens is 1. The molecule has 1 aliphatic heterocycles. The Morgan fingerprint density at radius 1 is 1.33 bits per heavy atom. The fourth-order valence-electron chi connectivity index (χ4n) is 3.14. The second-order valence-electron chi connectivity index (χ2n) is 6.21. The van der Waals surface area contributed by atoms with Crippen molar-refractivity contribution in [1.82, 2.24) is 5.32 Å². The minimum absolute atomic E-state index is 0. The van der Waals surface area contributed by atoms with Gasteiger partial charge < -0.3 is 14.6 Å². The van der Waals surface area contributed by atoms with E-state index in [1.807, 2.05) is 12.1 Å². The number of para-hydroxylation sites is 1. The molecule has 7 heteroatoms. The van der Waals surface area contributed by atoms with E-state index in [0.29, 0.717) is 18.7 Å². The lowest BCUT2D eigenvalue weighted by Crippen LogP contribution is -2.43. The summed E-state index contributed by atoms with van der Waals surface area (Å²) in [5.41, 5.74) is 4.93. The minimum Gasteiger partial charge on any atom is -0.472 e. The molecule has 1 aliphatic rings. The first kappa shape index (κ1) is 19.2. The number of hydrogen-bond donors (Lipinski definition) is 1. The number of furan rings is 1. The van der Waals surface area contributed by atoms with E-state index < -0.39 is 0 Å². The molecule has 1 aromatic carbocycles. The van der Waals surface area contributed by atoms with E-state index in [9.17, 15) is 4.79 Å². The number of carbonyl (C=O) groups excluding carboxylic acids is 1. The molecule has 0 fully saturated rings. The van der Waals surface area contributed by atoms with Gasteiger partial charge in [-0.05, 0) is 23.6 Å². The summed E-state index contributed by atoms with van der Waals surface area (Å²) in [5.74, 6) is -0.133. The quantitative estimate of drug-likeness (QED) is 0.722. The molecular weight excluding hydrogens is 382 g/mol. The van der Waals surface area contributed by atoms with Crippen molar-refractivity contribution in [3.05, 3.63) is 76.4 Å². The molecule has 3 heterocycles. The maximum atomic E-state index is 12.2. The summed E-state index contributed by atoms with van der Waals surface area (Å²) in [6.07, 6.45) is 2.95. The Labute approximate surface area is 168 Å². The monoisotopic (exact) mass is 401 g/mol. The summed E-state index contributed by atoms with van der Waals surface area (Å²) in [7, 11) is 2.06. The maximum absolute atomic E-state index is 12.2. The van der Waals surface area contributed by atoms with Crippen molar-refractivity contribution in [3.63, 3.8) is 0 Å². The number of benzodiazepines with no additional fused rings is 1. The van der Waals surface area contributed by atoms with Gasteiger partial charge >= 0.3 is 0 Å². The summed E-state index contributed by atoms with van der Waals surface area (Å²) in [5, 5.41) is 7.17. The summed E-state index contributed by atoms with van der Waals surface area (Å²) in [6.45, 7) is 1.12. The Bertz CT molecular complexity index is 923. The van der Waals surface area contributed by atoms with Crippen LogP contribution in [0.4, 0.5) is 5.69 Å². The van der Waals surface area contributed by atoms with E-state index in [-0.39, 0.29) is 24.4 Å². The number of likely N-dealkylation sites (N-methyl/N-ethyl adjacent to an activating group) is 1. The highest BCUT2D eigenvalue weighted by Gasteiger charge is 2.24. The molecule has 2 aromatic heterocycles. The molecule has 0 saturated carbocycles. The molecule has 5 nitrogen and oxygen atoms in total. The van der Waals surface area contributed by atoms with Gasteiger partial charge in [-0.15, -0.1) is 12.4 Å². The average Bonchev–Trinajstić information content (AvgIpc) is 3.36. The first-order valence-corrected chi connectivity index (χ1v) is 9.38. The number of nitrogens with one attached hydrogen (secondary N) is 1. The number of amides is 1. The molecule has 4 rings (SSSR count). The predicted octanol–water partition coefficient (Wildman–Crippen LogP) is 3.85. The maximum Gasteiger partial charge on any atom is 0.254 e. The fourth-order valence-corrected chi connectivity index (χ4v) is 3.78. The normalized spacial score (nSPS) is 16.0. The Hall–Kier alpha value is -2.57. The van der Waals surface area contributed by atoms with Crippen LogP contribution < -0.4 is 10.2 Å². The van der Waals surface area contributed by atoms with Gasteiger partial charge in [0.05, 0.1) is 30.1 Å². The topological polar surface area (TPSA) is 57.8 Å². The van der Waals surface area contributed by atoms with Gasteiger partial charge in [-0.3, -0.25) is 9.79 Å². The number of rotatable bonds is 4. The molecule has 1 N–H and O–H groups in total. The minimum atomic E-state index is -0.133. The summed E-state index contributed by atoms with van der Waals surface area (Å²) in [4.78, 5) is 19.3. The Kier molecular flexibility index (Phi) is 5.98. The third kappa shape index (κ3) is 3.91. The van der Waals surface area contributed by atoms with Crippen molar-refractivity contribution in [3.8, 4) is 0 Å². The lowest BCUT2D eigenvalue weighted by molar-refractivity contribution is 0.0951. The fraction of sp³-hybridized carbons (Fsp3) is 0.200. The Morgan fingerprint density at radius 3 is 2.93 bits per heavy atom. The van der Waals surface area contributed by atoms with Crippen LogP contribution in [0, 0.1) is 0 Å². The van der Waals surface area contributed by atoms with Crippen molar-refractivity contribution in [2.24, 2.45) is 4.99 Å². The van der Waals surface area contributed by atoms with Gasteiger partial charge in [-0.25, -0.2) is 0 Å². The van der Waals surface area contributed by atoms with E-state index in [2.05, 4.69) is 46.2 Å². The highest BCUT2D eigenvalue weighted by Crippen LogP contribution is 2.28. The molecular formula is C20H20ClN3O2S.